The maximum absolute atomic E-state index is 13.9. The fourth-order valence-electron chi connectivity index (χ4n) is 3.76. The smallest absolute Gasteiger partial charge is 0.261 e. The Kier molecular flexibility index (Phi) is 7.52. The number of aromatic nitrogens is 2. The average molecular weight is 520 g/mol. The molecule has 1 N–H and O–H groups in total. The van der Waals surface area contributed by atoms with Gasteiger partial charge < -0.3 is 5.32 Å². The van der Waals surface area contributed by atoms with Crippen molar-refractivity contribution in [3.8, 4) is 33.0 Å². The Morgan fingerprint density at radius 3 is 2.31 bits per heavy atom. The fourth-order valence-corrected chi connectivity index (χ4v) is 4.59. The van der Waals surface area contributed by atoms with E-state index in [1.54, 1.807) is 35.9 Å². The Balaban J connectivity index is 0.00000304. The van der Waals surface area contributed by atoms with E-state index in [1.165, 1.54) is 6.07 Å². The molecule has 180 valence electrons. The van der Waals surface area contributed by atoms with Gasteiger partial charge in [0, 0.05) is 34.6 Å². The number of pyridine rings is 1. The van der Waals surface area contributed by atoms with Crippen molar-refractivity contribution in [3.63, 3.8) is 0 Å². The summed E-state index contributed by atoms with van der Waals surface area (Å²) < 4.78 is 27.8. The fraction of sp³-hybridized carbons (Fsp3) is 0.0357. The van der Waals surface area contributed by atoms with Crippen LogP contribution in [-0.4, -0.2) is 15.9 Å². The number of nitrogens with zero attached hydrogens (tertiary/aromatic N) is 2. The van der Waals surface area contributed by atoms with Crippen molar-refractivity contribution < 1.29 is 13.6 Å². The molecule has 0 saturated carbocycles. The molecule has 0 aliphatic carbocycles. The molecule has 5 rings (SSSR count). The summed E-state index contributed by atoms with van der Waals surface area (Å²) >= 11 is 1.57. The van der Waals surface area contributed by atoms with Gasteiger partial charge in [-0.25, -0.2) is 13.8 Å². The highest BCUT2D eigenvalue weighted by Gasteiger charge is 2.17. The molecule has 0 saturated heterocycles. The summed E-state index contributed by atoms with van der Waals surface area (Å²) in [6, 6.07) is 20.5. The third-order valence-electron chi connectivity index (χ3n) is 5.59. The van der Waals surface area contributed by atoms with E-state index in [1.807, 2.05) is 48.7 Å². The Morgan fingerprint density at radius 2 is 1.61 bits per heavy atom. The SMILES string of the molecule is Cc1ccc(-c2nc(-c3cccnc3)cs2)cc1-c1ccc(NC(=O)c2c(F)cccc2F)cc1.Cl. The lowest BCUT2D eigenvalue weighted by molar-refractivity contribution is 0.101. The molecular weight excluding hydrogens is 500 g/mol. The lowest BCUT2D eigenvalue weighted by Gasteiger charge is -2.11. The van der Waals surface area contributed by atoms with Crippen LogP contribution in [0, 0.1) is 18.6 Å². The van der Waals surface area contributed by atoms with Crippen LogP contribution < -0.4 is 5.32 Å². The molecule has 36 heavy (non-hydrogen) atoms. The van der Waals surface area contributed by atoms with Gasteiger partial charge >= 0.3 is 0 Å². The average Bonchev–Trinajstić information content (AvgIpc) is 3.36. The number of anilines is 1. The van der Waals surface area contributed by atoms with E-state index in [0.717, 1.165) is 50.7 Å². The van der Waals surface area contributed by atoms with E-state index in [4.69, 9.17) is 4.98 Å². The zero-order valence-electron chi connectivity index (χ0n) is 19.0. The van der Waals surface area contributed by atoms with E-state index in [-0.39, 0.29) is 12.4 Å². The second-order valence-corrected chi connectivity index (χ2v) is 8.80. The molecule has 0 fully saturated rings. The lowest BCUT2D eigenvalue weighted by Crippen LogP contribution is -2.15. The van der Waals surface area contributed by atoms with Gasteiger partial charge in [-0.2, -0.15) is 0 Å². The minimum Gasteiger partial charge on any atom is -0.322 e. The minimum atomic E-state index is -0.902. The molecule has 0 atom stereocenters. The summed E-state index contributed by atoms with van der Waals surface area (Å²) in [6.45, 7) is 2.03. The highest BCUT2D eigenvalue weighted by molar-refractivity contribution is 7.13. The third-order valence-corrected chi connectivity index (χ3v) is 6.48. The number of thiazole rings is 1. The number of halogens is 3. The summed E-state index contributed by atoms with van der Waals surface area (Å²) in [5, 5.41) is 5.48. The van der Waals surface area contributed by atoms with Crippen LogP contribution in [0.2, 0.25) is 0 Å². The van der Waals surface area contributed by atoms with Crippen LogP contribution in [-0.2, 0) is 0 Å². The second kappa shape index (κ2) is 10.8. The number of amides is 1. The van der Waals surface area contributed by atoms with Gasteiger partial charge in [0.15, 0.2) is 0 Å². The van der Waals surface area contributed by atoms with E-state index < -0.39 is 23.1 Å². The van der Waals surface area contributed by atoms with Gasteiger partial charge in [-0.3, -0.25) is 9.78 Å². The molecule has 8 heteroatoms. The summed E-state index contributed by atoms with van der Waals surface area (Å²) in [6.07, 6.45) is 3.53. The molecule has 0 aliphatic heterocycles. The van der Waals surface area contributed by atoms with E-state index >= 15 is 0 Å². The van der Waals surface area contributed by atoms with Crippen molar-refractivity contribution in [1.82, 2.24) is 9.97 Å². The number of nitrogens with one attached hydrogen (secondary N) is 1. The predicted molar refractivity (Wildman–Crippen MR) is 143 cm³/mol. The molecule has 0 spiro atoms. The normalized spacial score (nSPS) is 10.5. The summed E-state index contributed by atoms with van der Waals surface area (Å²) in [4.78, 5) is 21.3. The van der Waals surface area contributed by atoms with Crippen molar-refractivity contribution in [2.75, 3.05) is 5.32 Å². The van der Waals surface area contributed by atoms with Crippen molar-refractivity contribution in [1.29, 1.82) is 0 Å². The monoisotopic (exact) mass is 519 g/mol. The molecule has 4 nitrogen and oxygen atoms in total. The first-order valence-electron chi connectivity index (χ1n) is 10.8. The summed E-state index contributed by atoms with van der Waals surface area (Å²) in [5.74, 6) is -2.64. The number of hydrogen-bond acceptors (Lipinski definition) is 4. The van der Waals surface area contributed by atoms with Crippen LogP contribution in [0.4, 0.5) is 14.5 Å². The Bertz CT molecular complexity index is 1500. The second-order valence-electron chi connectivity index (χ2n) is 7.94. The van der Waals surface area contributed by atoms with Crippen LogP contribution in [0.5, 0.6) is 0 Å². The van der Waals surface area contributed by atoms with Gasteiger partial charge in [-0.05, 0) is 66.1 Å². The quantitative estimate of drug-likeness (QED) is 0.258. The molecule has 0 radical (unpaired) electrons. The van der Waals surface area contributed by atoms with Gasteiger partial charge in [0.1, 0.15) is 22.2 Å². The van der Waals surface area contributed by atoms with Gasteiger partial charge in [-0.15, -0.1) is 23.7 Å². The number of hydrogen-bond donors (Lipinski definition) is 1. The number of carbonyl (C=O) groups excluding carboxylic acids is 1. The highest BCUT2D eigenvalue weighted by Crippen LogP contribution is 2.33. The summed E-state index contributed by atoms with van der Waals surface area (Å²) in [7, 11) is 0. The number of aryl methyl sites for hydroxylation is 1. The van der Waals surface area contributed by atoms with Gasteiger partial charge in [0.25, 0.3) is 5.91 Å². The Labute approximate surface area is 217 Å². The standard InChI is InChI=1S/C28H19F2N3OS.ClH/c1-17-7-8-19(28-33-25(16-35-28)20-4-3-13-31-15-20)14-22(17)18-9-11-21(12-10-18)32-27(34)26-23(29)5-2-6-24(26)30;/h2-16H,1H3,(H,32,34);1H. The molecule has 0 aliphatic rings. The molecule has 2 heterocycles. The van der Waals surface area contributed by atoms with E-state index in [2.05, 4.69) is 16.4 Å². The maximum atomic E-state index is 13.9. The lowest BCUT2D eigenvalue weighted by atomic mass is 9.98. The van der Waals surface area contributed by atoms with Crippen molar-refractivity contribution >= 4 is 35.3 Å². The molecule has 5 aromatic rings. The number of carbonyl (C=O) groups is 1. The third kappa shape index (κ3) is 5.17. The van der Waals surface area contributed by atoms with Crippen LogP contribution in [0.3, 0.4) is 0 Å². The molecular formula is C28H20ClF2N3OS. The molecule has 2 aromatic heterocycles. The van der Waals surface area contributed by atoms with Crippen LogP contribution in [0.15, 0.2) is 90.6 Å². The first-order chi connectivity index (χ1) is 17.0. The van der Waals surface area contributed by atoms with E-state index in [0.29, 0.717) is 5.69 Å². The first kappa shape index (κ1) is 25.2. The summed E-state index contributed by atoms with van der Waals surface area (Å²) in [5.41, 5.74) is 5.75. The zero-order valence-corrected chi connectivity index (χ0v) is 20.7. The van der Waals surface area contributed by atoms with Gasteiger partial charge in [0.05, 0.1) is 5.69 Å². The van der Waals surface area contributed by atoms with Crippen molar-refractivity contribution in [2.45, 2.75) is 6.92 Å². The highest BCUT2D eigenvalue weighted by atomic mass is 35.5. The largest absolute Gasteiger partial charge is 0.322 e. The van der Waals surface area contributed by atoms with Crippen molar-refractivity contribution in [2.24, 2.45) is 0 Å². The molecule has 1 amide bonds. The van der Waals surface area contributed by atoms with Gasteiger partial charge in [0.2, 0.25) is 0 Å². The van der Waals surface area contributed by atoms with Crippen LogP contribution in [0.1, 0.15) is 15.9 Å². The molecule has 0 bridgehead atoms. The van der Waals surface area contributed by atoms with Crippen molar-refractivity contribution in [3.05, 3.63) is 113 Å². The number of benzene rings is 3. The Morgan fingerprint density at radius 1 is 0.889 bits per heavy atom. The van der Waals surface area contributed by atoms with Crippen LogP contribution >= 0.6 is 23.7 Å². The molecule has 3 aromatic carbocycles. The van der Waals surface area contributed by atoms with Crippen LogP contribution in [0.25, 0.3) is 33.0 Å². The first-order valence-corrected chi connectivity index (χ1v) is 11.7. The minimum absolute atomic E-state index is 0. The molecule has 0 unspecified atom stereocenters. The topological polar surface area (TPSA) is 54.9 Å². The Hall–Kier alpha value is -3.94. The van der Waals surface area contributed by atoms with Gasteiger partial charge in [-0.1, -0.05) is 30.3 Å². The maximum Gasteiger partial charge on any atom is 0.261 e. The van der Waals surface area contributed by atoms with E-state index in [9.17, 15) is 13.6 Å². The number of rotatable bonds is 5. The zero-order chi connectivity index (χ0) is 24.4. The predicted octanol–water partition coefficient (Wildman–Crippen LogP) is 7.80.